The highest BCUT2D eigenvalue weighted by Gasteiger charge is 2.24. The van der Waals surface area contributed by atoms with Gasteiger partial charge in [-0.25, -0.2) is 9.97 Å². The number of anilines is 1. The number of fused-ring (bicyclic) bond motifs is 1. The fraction of sp³-hybridized carbons (Fsp3) is 0.538. The van der Waals surface area contributed by atoms with E-state index < -0.39 is 11.2 Å². The molecule has 118 valence electrons. The highest BCUT2D eigenvalue weighted by atomic mass is 35.5. The van der Waals surface area contributed by atoms with Gasteiger partial charge in [0.1, 0.15) is 23.3 Å². The van der Waals surface area contributed by atoms with E-state index in [4.69, 9.17) is 16.3 Å². The molecule has 0 radical (unpaired) electrons. The Balaban J connectivity index is 2.03. The van der Waals surface area contributed by atoms with Crippen molar-refractivity contribution < 1.29 is 9.29 Å². The largest absolute Gasteiger partial charge is 0.616 e. The van der Waals surface area contributed by atoms with Gasteiger partial charge in [-0.15, -0.1) is 0 Å². The number of aromatic nitrogens is 4. The van der Waals surface area contributed by atoms with Crippen LogP contribution in [0.2, 0.25) is 5.28 Å². The number of hydrogen-bond acceptors (Lipinski definition) is 7. The first-order valence-corrected chi connectivity index (χ1v) is 8.96. The van der Waals surface area contributed by atoms with Gasteiger partial charge >= 0.3 is 0 Å². The van der Waals surface area contributed by atoms with Crippen molar-refractivity contribution >= 4 is 39.6 Å². The number of ether oxygens (including phenoxy) is 1. The van der Waals surface area contributed by atoms with E-state index >= 15 is 0 Å². The van der Waals surface area contributed by atoms with Crippen molar-refractivity contribution in [3.05, 3.63) is 11.6 Å². The van der Waals surface area contributed by atoms with Gasteiger partial charge in [-0.3, -0.25) is 0 Å². The van der Waals surface area contributed by atoms with Crippen LogP contribution < -0.4 is 9.64 Å². The van der Waals surface area contributed by atoms with Gasteiger partial charge in [0, 0.05) is 0 Å². The molecule has 3 rings (SSSR count). The third kappa shape index (κ3) is 3.18. The lowest BCUT2D eigenvalue weighted by molar-refractivity contribution is 0.308. The van der Waals surface area contributed by atoms with Crippen LogP contribution in [0.3, 0.4) is 0 Å². The average Bonchev–Trinajstić information content (AvgIpc) is 2.53. The van der Waals surface area contributed by atoms with Crippen molar-refractivity contribution in [1.29, 1.82) is 0 Å². The monoisotopic (exact) mass is 341 g/mol. The van der Waals surface area contributed by atoms with Gasteiger partial charge in [0.25, 0.3) is 0 Å². The Morgan fingerprint density at radius 2 is 2.05 bits per heavy atom. The zero-order valence-corrected chi connectivity index (χ0v) is 13.7. The van der Waals surface area contributed by atoms with Crippen molar-refractivity contribution in [1.82, 2.24) is 19.9 Å². The first-order chi connectivity index (χ1) is 10.7. The SMILES string of the molecule is CCCOc1ncnc2c(N3CC[S+]([O-])CC3)nc(Cl)nc12. The Labute approximate surface area is 136 Å². The number of halogens is 1. The third-order valence-corrected chi connectivity index (χ3v) is 4.77. The Kier molecular flexibility index (Phi) is 4.80. The smallest absolute Gasteiger partial charge is 0.243 e. The summed E-state index contributed by atoms with van der Waals surface area (Å²) < 4.78 is 17.1. The summed E-state index contributed by atoms with van der Waals surface area (Å²) in [4.78, 5) is 19.0. The van der Waals surface area contributed by atoms with E-state index in [1.807, 2.05) is 11.8 Å². The summed E-state index contributed by atoms with van der Waals surface area (Å²) in [6, 6.07) is 0. The minimum Gasteiger partial charge on any atom is -0.616 e. The maximum Gasteiger partial charge on any atom is 0.243 e. The summed E-state index contributed by atoms with van der Waals surface area (Å²) in [6.45, 7) is 3.88. The van der Waals surface area contributed by atoms with E-state index in [2.05, 4.69) is 19.9 Å². The van der Waals surface area contributed by atoms with Crippen LogP contribution in [0.4, 0.5) is 5.82 Å². The van der Waals surface area contributed by atoms with E-state index in [9.17, 15) is 4.55 Å². The van der Waals surface area contributed by atoms with E-state index in [1.54, 1.807) is 0 Å². The van der Waals surface area contributed by atoms with Crippen LogP contribution in [-0.2, 0) is 11.2 Å². The fourth-order valence-electron chi connectivity index (χ4n) is 2.26. The summed E-state index contributed by atoms with van der Waals surface area (Å²) in [5.41, 5.74) is 1.12. The second-order valence-electron chi connectivity index (χ2n) is 4.88. The van der Waals surface area contributed by atoms with Crippen LogP contribution >= 0.6 is 11.6 Å². The summed E-state index contributed by atoms with van der Waals surface area (Å²) in [7, 11) is 0. The first kappa shape index (κ1) is 15.5. The highest BCUT2D eigenvalue weighted by molar-refractivity contribution is 7.91. The van der Waals surface area contributed by atoms with Crippen LogP contribution in [0.15, 0.2) is 6.33 Å². The number of nitrogens with zero attached hydrogens (tertiary/aromatic N) is 5. The van der Waals surface area contributed by atoms with E-state index in [0.717, 1.165) is 6.42 Å². The Bertz CT molecular complexity index is 666. The van der Waals surface area contributed by atoms with Gasteiger partial charge in [0.05, 0.1) is 19.7 Å². The van der Waals surface area contributed by atoms with E-state index in [1.165, 1.54) is 6.33 Å². The van der Waals surface area contributed by atoms with Crippen LogP contribution in [0.5, 0.6) is 5.88 Å². The molecule has 1 fully saturated rings. The van der Waals surface area contributed by atoms with Crippen LogP contribution in [0.25, 0.3) is 11.0 Å². The molecule has 2 aromatic rings. The third-order valence-electron chi connectivity index (χ3n) is 3.32. The normalized spacial score (nSPS) is 16.2. The first-order valence-electron chi connectivity index (χ1n) is 7.10. The molecular formula is C13H16ClN5O2S. The standard InChI is InChI=1S/C13H16ClN5O2S/c1-2-5-21-12-10-9(15-8-16-12)11(18-13(14)17-10)19-3-6-22(20)7-4-19/h8H,2-7H2,1H3. The van der Waals surface area contributed by atoms with Crippen molar-refractivity contribution in [2.24, 2.45) is 0 Å². The zero-order chi connectivity index (χ0) is 15.5. The molecule has 0 bridgehead atoms. The summed E-state index contributed by atoms with van der Waals surface area (Å²) in [5, 5.41) is 0.130. The predicted molar refractivity (Wildman–Crippen MR) is 86.0 cm³/mol. The maximum atomic E-state index is 11.5. The molecule has 2 aromatic heterocycles. The fourth-order valence-corrected chi connectivity index (χ4v) is 3.48. The molecule has 3 heterocycles. The molecule has 0 aromatic carbocycles. The molecule has 0 aliphatic carbocycles. The van der Waals surface area contributed by atoms with Crippen molar-refractivity contribution in [2.75, 3.05) is 36.1 Å². The van der Waals surface area contributed by atoms with Crippen LogP contribution in [0.1, 0.15) is 13.3 Å². The molecule has 22 heavy (non-hydrogen) atoms. The van der Waals surface area contributed by atoms with Gasteiger partial charge in [-0.1, -0.05) is 18.1 Å². The van der Waals surface area contributed by atoms with Crippen LogP contribution in [-0.4, -0.2) is 55.7 Å². The molecule has 0 atom stereocenters. The van der Waals surface area contributed by atoms with Crippen molar-refractivity contribution in [3.63, 3.8) is 0 Å². The van der Waals surface area contributed by atoms with Crippen LogP contribution in [0, 0.1) is 0 Å². The minimum atomic E-state index is -0.758. The molecule has 1 aliphatic rings. The summed E-state index contributed by atoms with van der Waals surface area (Å²) in [5.74, 6) is 2.30. The van der Waals surface area contributed by atoms with Gasteiger partial charge in [-0.05, 0) is 18.0 Å². The maximum absolute atomic E-state index is 11.5. The Hall–Kier alpha value is -1.38. The van der Waals surface area contributed by atoms with E-state index in [-0.39, 0.29) is 5.28 Å². The molecule has 0 unspecified atom stereocenters. The Morgan fingerprint density at radius 1 is 1.27 bits per heavy atom. The lowest BCUT2D eigenvalue weighted by Crippen LogP contribution is -2.41. The predicted octanol–water partition coefficient (Wildman–Crippen LogP) is 1.43. The second kappa shape index (κ2) is 6.80. The van der Waals surface area contributed by atoms with Gasteiger partial charge in [0.15, 0.2) is 11.3 Å². The molecule has 1 aliphatic heterocycles. The molecule has 9 heteroatoms. The summed E-state index contributed by atoms with van der Waals surface area (Å²) >= 11 is 5.30. The number of hydrogen-bond donors (Lipinski definition) is 0. The lowest BCUT2D eigenvalue weighted by atomic mass is 10.3. The van der Waals surface area contributed by atoms with Crippen molar-refractivity contribution in [3.8, 4) is 5.88 Å². The molecule has 0 saturated carbocycles. The zero-order valence-electron chi connectivity index (χ0n) is 12.2. The van der Waals surface area contributed by atoms with Crippen molar-refractivity contribution in [2.45, 2.75) is 13.3 Å². The van der Waals surface area contributed by atoms with Gasteiger partial charge in [0.2, 0.25) is 11.2 Å². The molecule has 0 amide bonds. The Morgan fingerprint density at radius 3 is 2.77 bits per heavy atom. The topological polar surface area (TPSA) is 87.1 Å². The molecule has 1 saturated heterocycles. The molecule has 0 spiro atoms. The quantitative estimate of drug-likeness (QED) is 0.614. The minimum absolute atomic E-state index is 0.130. The highest BCUT2D eigenvalue weighted by Crippen LogP contribution is 2.29. The molecule has 7 nitrogen and oxygen atoms in total. The average molecular weight is 342 g/mol. The summed E-state index contributed by atoms with van der Waals surface area (Å²) in [6.07, 6.45) is 2.31. The number of rotatable bonds is 4. The van der Waals surface area contributed by atoms with Gasteiger partial charge < -0.3 is 14.2 Å². The van der Waals surface area contributed by atoms with Gasteiger partial charge in [-0.2, -0.15) is 9.97 Å². The lowest BCUT2D eigenvalue weighted by Gasteiger charge is -2.29. The second-order valence-corrected chi connectivity index (χ2v) is 6.91. The molecule has 0 N–H and O–H groups in total. The molecular weight excluding hydrogens is 326 g/mol. The van der Waals surface area contributed by atoms with E-state index in [0.29, 0.717) is 53.9 Å².